The van der Waals surface area contributed by atoms with Gasteiger partial charge in [-0.1, -0.05) is 39.0 Å². The number of esters is 1. The summed E-state index contributed by atoms with van der Waals surface area (Å²) in [6, 6.07) is -0.680. The summed E-state index contributed by atoms with van der Waals surface area (Å²) in [4.78, 5) is 36.9. The zero-order chi connectivity index (χ0) is 17.7. The molecule has 1 N–H and O–H groups in total. The lowest BCUT2D eigenvalue weighted by molar-refractivity contribution is -0.148. The van der Waals surface area contributed by atoms with Gasteiger partial charge in [0.15, 0.2) is 0 Å². The molecule has 0 aromatic heterocycles. The van der Waals surface area contributed by atoms with Crippen molar-refractivity contribution in [1.29, 1.82) is 0 Å². The van der Waals surface area contributed by atoms with Crippen molar-refractivity contribution in [2.75, 3.05) is 6.61 Å². The minimum absolute atomic E-state index is 0.00743. The number of Topliss-reactive ketones (excluding diaryl/α,β-unsaturated/α-hetero) is 1. The lowest BCUT2D eigenvalue weighted by atomic mass is 9.80. The van der Waals surface area contributed by atoms with Crippen LogP contribution in [0.1, 0.15) is 46.0 Å². The molecule has 132 valence electrons. The lowest BCUT2D eigenvalue weighted by Gasteiger charge is -2.28. The fourth-order valence-electron chi connectivity index (χ4n) is 3.60. The first-order valence-electron chi connectivity index (χ1n) is 8.80. The second-order valence-corrected chi connectivity index (χ2v) is 6.71. The second-order valence-electron chi connectivity index (χ2n) is 6.71. The number of hydrogen-bond acceptors (Lipinski definition) is 4. The van der Waals surface area contributed by atoms with E-state index in [0.717, 1.165) is 25.7 Å². The quantitative estimate of drug-likeness (QED) is 0.574. The zero-order valence-corrected chi connectivity index (χ0v) is 14.5. The van der Waals surface area contributed by atoms with Gasteiger partial charge in [0.05, 0.1) is 0 Å². The third kappa shape index (κ3) is 3.94. The highest BCUT2D eigenvalue weighted by Gasteiger charge is 2.41. The summed E-state index contributed by atoms with van der Waals surface area (Å²) < 4.78 is 5.12. The number of amides is 1. The van der Waals surface area contributed by atoms with Crippen LogP contribution in [0.3, 0.4) is 0 Å². The molecule has 2 aliphatic carbocycles. The number of allylic oxidation sites excluding steroid dienone is 1. The Labute approximate surface area is 143 Å². The molecule has 1 saturated carbocycles. The molecule has 0 aromatic rings. The van der Waals surface area contributed by atoms with Gasteiger partial charge >= 0.3 is 5.97 Å². The molecule has 4 atom stereocenters. The number of fused-ring (bicyclic) bond motifs is 1. The Bertz CT molecular complexity index is 552. The van der Waals surface area contributed by atoms with Gasteiger partial charge in [0.2, 0.25) is 5.91 Å². The summed E-state index contributed by atoms with van der Waals surface area (Å²) >= 11 is 0. The highest BCUT2D eigenvalue weighted by atomic mass is 16.5. The molecule has 0 spiro atoms. The molecule has 0 heterocycles. The van der Waals surface area contributed by atoms with Crippen LogP contribution in [-0.2, 0) is 19.1 Å². The van der Waals surface area contributed by atoms with E-state index in [-0.39, 0.29) is 36.1 Å². The third-order valence-electron chi connectivity index (χ3n) is 5.20. The molecule has 5 nitrogen and oxygen atoms in total. The average molecular weight is 333 g/mol. The van der Waals surface area contributed by atoms with Crippen LogP contribution in [0.15, 0.2) is 24.3 Å². The Morgan fingerprint density at radius 2 is 2.17 bits per heavy atom. The normalized spacial score (nSPS) is 25.2. The summed E-state index contributed by atoms with van der Waals surface area (Å²) in [7, 11) is 0. The van der Waals surface area contributed by atoms with Crippen LogP contribution in [0.2, 0.25) is 0 Å². The third-order valence-corrected chi connectivity index (χ3v) is 5.20. The fraction of sp³-hybridized carbons (Fsp3) is 0.632. The maximum Gasteiger partial charge on any atom is 0.329 e. The number of ether oxygens (including phenoxy) is 1. The molecule has 0 saturated heterocycles. The highest BCUT2D eigenvalue weighted by molar-refractivity contribution is 5.98. The number of ketones is 1. The summed E-state index contributed by atoms with van der Waals surface area (Å²) in [5, 5.41) is 2.85. The van der Waals surface area contributed by atoms with Crippen LogP contribution in [0.4, 0.5) is 0 Å². The van der Waals surface area contributed by atoms with Gasteiger partial charge in [-0.15, -0.1) is 0 Å². The van der Waals surface area contributed by atoms with Crippen molar-refractivity contribution in [2.45, 2.75) is 52.0 Å². The first kappa shape index (κ1) is 18.4. The molecule has 2 rings (SSSR count). The number of hydrogen-bond donors (Lipinski definition) is 1. The predicted octanol–water partition coefficient (Wildman–Crippen LogP) is 2.56. The van der Waals surface area contributed by atoms with Crippen molar-refractivity contribution in [3.05, 3.63) is 24.3 Å². The molecule has 0 unspecified atom stereocenters. The highest BCUT2D eigenvalue weighted by Crippen LogP contribution is 2.40. The van der Waals surface area contributed by atoms with Crippen LogP contribution in [0.25, 0.3) is 0 Å². The van der Waals surface area contributed by atoms with Crippen molar-refractivity contribution >= 4 is 17.7 Å². The Balaban J connectivity index is 2.09. The summed E-state index contributed by atoms with van der Waals surface area (Å²) in [6.45, 7) is 7.54. The molecule has 0 aliphatic heterocycles. The number of carbonyl (C=O) groups is 3. The Hall–Kier alpha value is -1.91. The molecular formula is C19H27NO4. The van der Waals surface area contributed by atoms with Gasteiger partial charge in [0.25, 0.3) is 0 Å². The van der Waals surface area contributed by atoms with Gasteiger partial charge in [0.1, 0.15) is 18.4 Å². The maximum atomic E-state index is 12.7. The maximum absolute atomic E-state index is 12.7. The fourth-order valence-corrected chi connectivity index (χ4v) is 3.60. The van der Waals surface area contributed by atoms with Gasteiger partial charge < -0.3 is 10.1 Å². The van der Waals surface area contributed by atoms with Gasteiger partial charge in [-0.05, 0) is 31.1 Å². The van der Waals surface area contributed by atoms with Gasteiger partial charge in [0, 0.05) is 17.9 Å². The molecule has 0 bridgehead atoms. The first-order chi connectivity index (χ1) is 11.5. The van der Waals surface area contributed by atoms with E-state index in [1.807, 2.05) is 19.9 Å². The van der Waals surface area contributed by atoms with Crippen molar-refractivity contribution in [1.82, 2.24) is 5.32 Å². The van der Waals surface area contributed by atoms with Crippen molar-refractivity contribution < 1.29 is 19.1 Å². The van der Waals surface area contributed by atoms with Crippen LogP contribution >= 0.6 is 0 Å². The van der Waals surface area contributed by atoms with E-state index >= 15 is 0 Å². The van der Waals surface area contributed by atoms with Crippen molar-refractivity contribution in [2.24, 2.45) is 17.8 Å². The van der Waals surface area contributed by atoms with E-state index in [9.17, 15) is 14.4 Å². The lowest BCUT2D eigenvalue weighted by Crippen LogP contribution is -2.47. The van der Waals surface area contributed by atoms with E-state index < -0.39 is 12.0 Å². The van der Waals surface area contributed by atoms with E-state index in [2.05, 4.69) is 11.9 Å². The molecule has 1 amide bonds. The molecule has 2 aliphatic rings. The standard InChI is InChI=1S/C19H27NO4/c1-4-11-24-19(23)17(12(3)5-2)20-18(22)15-8-6-7-14-13(15)9-10-16(14)21/h4,8,12-14,17H,1,5-7,9-11H2,2-3H3,(H,20,22)/t12-,13-,14-,17-/m0/s1. The summed E-state index contributed by atoms with van der Waals surface area (Å²) in [5.41, 5.74) is 0.668. The SMILES string of the molecule is C=CCOC(=O)[C@@H](NC(=O)C1=CCC[C@@H]2C(=O)CC[C@H]12)[C@@H](C)CC. The zero-order valence-electron chi connectivity index (χ0n) is 14.5. The predicted molar refractivity (Wildman–Crippen MR) is 91.1 cm³/mol. The molecule has 0 aromatic carbocycles. The van der Waals surface area contributed by atoms with Crippen LogP contribution in [0, 0.1) is 17.8 Å². The van der Waals surface area contributed by atoms with Crippen LogP contribution < -0.4 is 5.32 Å². The van der Waals surface area contributed by atoms with E-state index in [1.54, 1.807) is 0 Å². The first-order valence-corrected chi connectivity index (χ1v) is 8.80. The van der Waals surface area contributed by atoms with Crippen molar-refractivity contribution in [3.63, 3.8) is 0 Å². The Morgan fingerprint density at radius 3 is 2.83 bits per heavy atom. The molecule has 5 heteroatoms. The van der Waals surface area contributed by atoms with Crippen LogP contribution in [0.5, 0.6) is 0 Å². The minimum atomic E-state index is -0.680. The summed E-state index contributed by atoms with van der Waals surface area (Å²) in [6.07, 6.45) is 7.04. The average Bonchev–Trinajstić information content (AvgIpc) is 2.98. The molecule has 1 fully saturated rings. The number of rotatable bonds is 7. The van der Waals surface area contributed by atoms with Crippen LogP contribution in [-0.4, -0.2) is 30.3 Å². The molecule has 24 heavy (non-hydrogen) atoms. The van der Waals surface area contributed by atoms with Gasteiger partial charge in [-0.3, -0.25) is 9.59 Å². The van der Waals surface area contributed by atoms with Crippen molar-refractivity contribution in [3.8, 4) is 0 Å². The van der Waals surface area contributed by atoms with Gasteiger partial charge in [-0.2, -0.15) is 0 Å². The van der Waals surface area contributed by atoms with E-state index in [0.29, 0.717) is 12.0 Å². The minimum Gasteiger partial charge on any atom is -0.460 e. The largest absolute Gasteiger partial charge is 0.460 e. The number of carbonyl (C=O) groups excluding carboxylic acids is 3. The van der Waals surface area contributed by atoms with E-state index in [1.165, 1.54) is 6.08 Å². The molecular weight excluding hydrogens is 306 g/mol. The number of nitrogens with one attached hydrogen (secondary N) is 1. The Kier molecular flexibility index (Phi) is 6.35. The monoisotopic (exact) mass is 333 g/mol. The topological polar surface area (TPSA) is 72.5 Å². The summed E-state index contributed by atoms with van der Waals surface area (Å²) in [5.74, 6) is -0.453. The Morgan fingerprint density at radius 1 is 1.42 bits per heavy atom. The van der Waals surface area contributed by atoms with Gasteiger partial charge in [-0.25, -0.2) is 4.79 Å². The molecule has 0 radical (unpaired) electrons. The van der Waals surface area contributed by atoms with E-state index in [4.69, 9.17) is 4.74 Å². The second kappa shape index (κ2) is 8.27. The smallest absolute Gasteiger partial charge is 0.329 e.